The van der Waals surface area contributed by atoms with Gasteiger partial charge in [-0.3, -0.25) is 9.89 Å². The molecule has 1 saturated heterocycles. The third-order valence-corrected chi connectivity index (χ3v) is 5.94. The van der Waals surface area contributed by atoms with E-state index in [0.717, 1.165) is 37.8 Å². The number of hydrogen-bond acceptors (Lipinski definition) is 5. The standard InChI is InChI=1S/C18H30N4O3S/c1-3-19-18(20-9-8-16-4-6-17(25-2)7-5-16)21-10-11-22-12-14-26(23,24)15-13-22/h4-7H,3,8-15H2,1-2H3,(H2,19,20,21). The van der Waals surface area contributed by atoms with Crippen LogP contribution in [-0.2, 0) is 16.3 Å². The smallest absolute Gasteiger partial charge is 0.191 e. The lowest BCUT2D eigenvalue weighted by atomic mass is 10.1. The molecule has 146 valence electrons. The van der Waals surface area contributed by atoms with Gasteiger partial charge < -0.3 is 15.4 Å². The molecule has 1 aromatic carbocycles. The summed E-state index contributed by atoms with van der Waals surface area (Å²) < 4.78 is 28.1. The van der Waals surface area contributed by atoms with Crippen molar-refractivity contribution in [1.29, 1.82) is 0 Å². The van der Waals surface area contributed by atoms with Gasteiger partial charge in [0, 0.05) is 32.7 Å². The average molecular weight is 383 g/mol. The molecule has 0 amide bonds. The largest absolute Gasteiger partial charge is 0.497 e. The average Bonchev–Trinajstić information content (AvgIpc) is 2.63. The first-order chi connectivity index (χ1) is 12.5. The third kappa shape index (κ3) is 7.21. The molecule has 0 aliphatic carbocycles. The number of nitrogens with zero attached hydrogens (tertiary/aromatic N) is 2. The maximum absolute atomic E-state index is 11.5. The molecule has 0 spiro atoms. The molecule has 1 aliphatic heterocycles. The molecule has 0 atom stereocenters. The fourth-order valence-electron chi connectivity index (χ4n) is 2.74. The van der Waals surface area contributed by atoms with Gasteiger partial charge in [0.05, 0.1) is 25.2 Å². The monoisotopic (exact) mass is 382 g/mol. The molecule has 0 bridgehead atoms. The summed E-state index contributed by atoms with van der Waals surface area (Å²) in [5, 5.41) is 6.58. The number of guanidine groups is 1. The van der Waals surface area contributed by atoms with Gasteiger partial charge in [-0.15, -0.1) is 0 Å². The van der Waals surface area contributed by atoms with E-state index in [1.165, 1.54) is 5.56 Å². The van der Waals surface area contributed by atoms with Gasteiger partial charge in [0.25, 0.3) is 0 Å². The van der Waals surface area contributed by atoms with Crippen LogP contribution in [0.4, 0.5) is 0 Å². The van der Waals surface area contributed by atoms with Gasteiger partial charge in [0.1, 0.15) is 5.75 Å². The summed E-state index contributed by atoms with van der Waals surface area (Å²) in [6.07, 6.45) is 0.901. The molecule has 1 fully saturated rings. The van der Waals surface area contributed by atoms with E-state index in [0.29, 0.717) is 19.6 Å². The van der Waals surface area contributed by atoms with Crippen molar-refractivity contribution in [1.82, 2.24) is 15.5 Å². The van der Waals surface area contributed by atoms with E-state index in [1.807, 2.05) is 19.1 Å². The van der Waals surface area contributed by atoms with Crippen LogP contribution in [0, 0.1) is 0 Å². The van der Waals surface area contributed by atoms with Crippen molar-refractivity contribution < 1.29 is 13.2 Å². The highest BCUT2D eigenvalue weighted by Crippen LogP contribution is 2.11. The van der Waals surface area contributed by atoms with Gasteiger partial charge in [-0.2, -0.15) is 0 Å². The van der Waals surface area contributed by atoms with Crippen molar-refractivity contribution in [3.8, 4) is 5.75 Å². The predicted molar refractivity (Wildman–Crippen MR) is 106 cm³/mol. The topological polar surface area (TPSA) is 83.0 Å². The minimum Gasteiger partial charge on any atom is -0.497 e. The normalized spacial score (nSPS) is 17.7. The number of methoxy groups -OCH3 is 1. The van der Waals surface area contributed by atoms with Crippen LogP contribution in [0.2, 0.25) is 0 Å². The number of ether oxygens (including phenoxy) is 1. The molecule has 0 aromatic heterocycles. The van der Waals surface area contributed by atoms with Gasteiger partial charge in [0.2, 0.25) is 0 Å². The summed E-state index contributed by atoms with van der Waals surface area (Å²) in [5.74, 6) is 2.18. The van der Waals surface area contributed by atoms with Crippen molar-refractivity contribution in [2.45, 2.75) is 13.3 Å². The van der Waals surface area contributed by atoms with Gasteiger partial charge in [0.15, 0.2) is 15.8 Å². The van der Waals surface area contributed by atoms with E-state index in [4.69, 9.17) is 4.74 Å². The van der Waals surface area contributed by atoms with E-state index < -0.39 is 9.84 Å². The summed E-state index contributed by atoms with van der Waals surface area (Å²) in [4.78, 5) is 6.74. The fourth-order valence-corrected chi connectivity index (χ4v) is 4.01. The first-order valence-electron chi connectivity index (χ1n) is 9.10. The van der Waals surface area contributed by atoms with Gasteiger partial charge in [-0.05, 0) is 31.0 Å². The molecule has 26 heavy (non-hydrogen) atoms. The first kappa shape index (κ1) is 20.5. The van der Waals surface area contributed by atoms with Crippen LogP contribution < -0.4 is 15.4 Å². The molecule has 0 saturated carbocycles. The molecular weight excluding hydrogens is 352 g/mol. The summed E-state index contributed by atoms with van der Waals surface area (Å²) in [5.41, 5.74) is 1.24. The zero-order chi connectivity index (χ0) is 18.8. The van der Waals surface area contributed by atoms with E-state index in [2.05, 4.69) is 32.7 Å². The van der Waals surface area contributed by atoms with Crippen LogP contribution in [0.25, 0.3) is 0 Å². The Balaban J connectivity index is 1.73. The molecule has 1 aliphatic rings. The van der Waals surface area contributed by atoms with Crippen LogP contribution in [0.5, 0.6) is 5.75 Å². The van der Waals surface area contributed by atoms with E-state index in [1.54, 1.807) is 7.11 Å². The Morgan fingerprint density at radius 2 is 1.88 bits per heavy atom. The van der Waals surface area contributed by atoms with Gasteiger partial charge in [-0.25, -0.2) is 8.42 Å². The summed E-state index contributed by atoms with van der Waals surface area (Å²) in [7, 11) is -1.15. The van der Waals surface area contributed by atoms with Crippen molar-refractivity contribution in [2.24, 2.45) is 4.99 Å². The quantitative estimate of drug-likeness (QED) is 0.504. The Kier molecular flexibility index (Phi) is 8.18. The number of nitrogens with one attached hydrogen (secondary N) is 2. The van der Waals surface area contributed by atoms with E-state index in [9.17, 15) is 8.42 Å². The number of hydrogen-bond donors (Lipinski definition) is 2. The molecule has 0 radical (unpaired) electrons. The van der Waals surface area contributed by atoms with E-state index in [-0.39, 0.29) is 11.5 Å². The second-order valence-electron chi connectivity index (χ2n) is 6.28. The fraction of sp³-hybridized carbons (Fsp3) is 0.611. The predicted octanol–water partition coefficient (Wildman–Crippen LogP) is 0.523. The summed E-state index contributed by atoms with van der Waals surface area (Å²) >= 11 is 0. The Morgan fingerprint density at radius 1 is 1.19 bits per heavy atom. The lowest BCUT2D eigenvalue weighted by Crippen LogP contribution is -2.42. The molecular formula is C18H30N4O3S. The minimum atomic E-state index is -2.82. The second kappa shape index (κ2) is 10.4. The van der Waals surface area contributed by atoms with Gasteiger partial charge in [-0.1, -0.05) is 12.1 Å². The zero-order valence-corrected chi connectivity index (χ0v) is 16.5. The highest BCUT2D eigenvalue weighted by atomic mass is 32.2. The van der Waals surface area contributed by atoms with Crippen LogP contribution >= 0.6 is 0 Å². The minimum absolute atomic E-state index is 0.261. The van der Waals surface area contributed by atoms with Crippen LogP contribution in [-0.4, -0.2) is 77.2 Å². The zero-order valence-electron chi connectivity index (χ0n) is 15.7. The number of aliphatic imine (C=N–C) groups is 1. The molecule has 0 unspecified atom stereocenters. The Bertz CT molecular complexity index is 660. The summed E-state index contributed by atoms with van der Waals surface area (Å²) in [6.45, 7) is 6.29. The molecule has 7 nitrogen and oxygen atoms in total. The van der Waals surface area contributed by atoms with Crippen molar-refractivity contribution >= 4 is 15.8 Å². The number of rotatable bonds is 8. The molecule has 1 heterocycles. The van der Waals surface area contributed by atoms with Gasteiger partial charge >= 0.3 is 0 Å². The van der Waals surface area contributed by atoms with Crippen molar-refractivity contribution in [3.05, 3.63) is 29.8 Å². The van der Waals surface area contributed by atoms with Crippen molar-refractivity contribution in [3.63, 3.8) is 0 Å². The summed E-state index contributed by atoms with van der Waals surface area (Å²) in [6, 6.07) is 8.06. The SMILES string of the molecule is CCNC(=NCCN1CCS(=O)(=O)CC1)NCCc1ccc(OC)cc1. The molecule has 1 aromatic rings. The Hall–Kier alpha value is -1.80. The van der Waals surface area contributed by atoms with E-state index >= 15 is 0 Å². The molecule has 2 rings (SSSR count). The van der Waals surface area contributed by atoms with Crippen LogP contribution in [0.1, 0.15) is 12.5 Å². The highest BCUT2D eigenvalue weighted by Gasteiger charge is 2.20. The number of sulfone groups is 1. The van der Waals surface area contributed by atoms with Crippen molar-refractivity contribution in [2.75, 3.05) is 57.9 Å². The van der Waals surface area contributed by atoms with Crippen LogP contribution in [0.3, 0.4) is 0 Å². The maximum atomic E-state index is 11.5. The molecule has 2 N–H and O–H groups in total. The second-order valence-corrected chi connectivity index (χ2v) is 8.58. The lowest BCUT2D eigenvalue weighted by molar-refractivity contribution is 0.304. The Morgan fingerprint density at radius 3 is 2.50 bits per heavy atom. The highest BCUT2D eigenvalue weighted by molar-refractivity contribution is 7.91. The maximum Gasteiger partial charge on any atom is 0.191 e. The third-order valence-electron chi connectivity index (χ3n) is 4.33. The number of benzene rings is 1. The Labute approximate surface area is 156 Å². The lowest BCUT2D eigenvalue weighted by Gasteiger charge is -2.25. The molecule has 8 heteroatoms. The van der Waals surface area contributed by atoms with Crippen LogP contribution in [0.15, 0.2) is 29.3 Å². The first-order valence-corrected chi connectivity index (χ1v) is 10.9.